The monoisotopic (exact) mass is 268 g/mol. The Morgan fingerprint density at radius 1 is 1.39 bits per heavy atom. The SMILES string of the molecule is CC(C)C(N)c1cn(-c2ccc(Cl)cc2F)nn1. The highest BCUT2D eigenvalue weighted by molar-refractivity contribution is 6.30. The van der Waals surface area contributed by atoms with Crippen LogP contribution in [-0.4, -0.2) is 15.0 Å². The third kappa shape index (κ3) is 2.52. The molecule has 1 aromatic heterocycles. The van der Waals surface area contributed by atoms with Crippen molar-refractivity contribution in [1.82, 2.24) is 15.0 Å². The van der Waals surface area contributed by atoms with Crippen LogP contribution in [0.5, 0.6) is 0 Å². The highest BCUT2D eigenvalue weighted by Gasteiger charge is 2.16. The maximum Gasteiger partial charge on any atom is 0.150 e. The van der Waals surface area contributed by atoms with Gasteiger partial charge in [-0.2, -0.15) is 0 Å². The van der Waals surface area contributed by atoms with Gasteiger partial charge in [-0.25, -0.2) is 9.07 Å². The lowest BCUT2D eigenvalue weighted by Crippen LogP contribution is -2.17. The van der Waals surface area contributed by atoms with Gasteiger partial charge in [-0.15, -0.1) is 5.10 Å². The van der Waals surface area contributed by atoms with E-state index in [0.29, 0.717) is 16.4 Å². The maximum absolute atomic E-state index is 13.7. The van der Waals surface area contributed by atoms with Gasteiger partial charge in [0.05, 0.1) is 12.2 Å². The zero-order chi connectivity index (χ0) is 13.3. The topological polar surface area (TPSA) is 56.7 Å². The minimum Gasteiger partial charge on any atom is -0.322 e. The Morgan fingerprint density at radius 2 is 2.11 bits per heavy atom. The highest BCUT2D eigenvalue weighted by Crippen LogP contribution is 2.20. The second-order valence-electron chi connectivity index (χ2n) is 4.45. The predicted molar refractivity (Wildman–Crippen MR) is 68.1 cm³/mol. The third-order valence-corrected chi connectivity index (χ3v) is 2.96. The Kier molecular flexibility index (Phi) is 3.63. The number of nitrogens with zero attached hydrogens (tertiary/aromatic N) is 3. The van der Waals surface area contributed by atoms with Crippen molar-refractivity contribution in [3.8, 4) is 5.69 Å². The van der Waals surface area contributed by atoms with Gasteiger partial charge in [-0.05, 0) is 24.1 Å². The Labute approximate surface area is 110 Å². The molecule has 0 fully saturated rings. The quantitative estimate of drug-likeness (QED) is 0.931. The van der Waals surface area contributed by atoms with Crippen molar-refractivity contribution >= 4 is 11.6 Å². The molecule has 0 aliphatic heterocycles. The molecule has 1 unspecified atom stereocenters. The first-order valence-corrected chi connectivity index (χ1v) is 6.00. The summed E-state index contributed by atoms with van der Waals surface area (Å²) in [5.74, 6) is -0.206. The molecule has 6 heteroatoms. The van der Waals surface area contributed by atoms with Crippen molar-refractivity contribution in [2.75, 3.05) is 0 Å². The van der Waals surface area contributed by atoms with Gasteiger partial charge in [0.2, 0.25) is 0 Å². The molecule has 0 aliphatic carbocycles. The van der Waals surface area contributed by atoms with Gasteiger partial charge in [0.1, 0.15) is 17.2 Å². The molecule has 96 valence electrons. The molecule has 1 atom stereocenters. The van der Waals surface area contributed by atoms with Gasteiger partial charge < -0.3 is 5.73 Å². The first-order valence-electron chi connectivity index (χ1n) is 5.62. The first kappa shape index (κ1) is 13.0. The van der Waals surface area contributed by atoms with Gasteiger partial charge in [0.25, 0.3) is 0 Å². The average Bonchev–Trinajstić information content (AvgIpc) is 2.77. The van der Waals surface area contributed by atoms with E-state index in [-0.39, 0.29) is 12.0 Å². The molecule has 0 aliphatic rings. The summed E-state index contributed by atoms with van der Waals surface area (Å²) in [6.45, 7) is 3.99. The van der Waals surface area contributed by atoms with Crippen LogP contribution >= 0.6 is 11.6 Å². The molecule has 0 saturated heterocycles. The van der Waals surface area contributed by atoms with Crippen LogP contribution in [0.1, 0.15) is 25.6 Å². The lowest BCUT2D eigenvalue weighted by atomic mass is 10.0. The standard InChI is InChI=1S/C12H14ClFN4/c1-7(2)12(15)10-6-18(17-16-10)11-4-3-8(13)5-9(11)14/h3-7,12H,15H2,1-2H3. The molecule has 1 heterocycles. The molecule has 2 aromatic rings. The van der Waals surface area contributed by atoms with E-state index in [1.165, 1.54) is 10.7 Å². The number of hydrogen-bond donors (Lipinski definition) is 1. The zero-order valence-corrected chi connectivity index (χ0v) is 10.9. The molecular weight excluding hydrogens is 255 g/mol. The molecule has 4 nitrogen and oxygen atoms in total. The van der Waals surface area contributed by atoms with Crippen LogP contribution in [0.2, 0.25) is 5.02 Å². The average molecular weight is 269 g/mol. The molecule has 0 amide bonds. The van der Waals surface area contributed by atoms with E-state index in [0.717, 1.165) is 0 Å². The van der Waals surface area contributed by atoms with Gasteiger partial charge in [0.15, 0.2) is 0 Å². The highest BCUT2D eigenvalue weighted by atomic mass is 35.5. The summed E-state index contributed by atoms with van der Waals surface area (Å²) < 4.78 is 15.1. The number of halogens is 2. The molecule has 2 rings (SSSR count). The van der Waals surface area contributed by atoms with Crippen LogP contribution in [0.25, 0.3) is 5.69 Å². The summed E-state index contributed by atoms with van der Waals surface area (Å²) >= 11 is 5.70. The van der Waals surface area contributed by atoms with Crippen molar-refractivity contribution in [1.29, 1.82) is 0 Å². The van der Waals surface area contributed by atoms with Crippen LogP contribution in [0.3, 0.4) is 0 Å². The lowest BCUT2D eigenvalue weighted by molar-refractivity contribution is 0.502. The summed E-state index contributed by atoms with van der Waals surface area (Å²) in [5, 5.41) is 8.19. The summed E-state index contributed by atoms with van der Waals surface area (Å²) in [6, 6.07) is 4.18. The first-order chi connectivity index (χ1) is 8.49. The van der Waals surface area contributed by atoms with Gasteiger partial charge in [-0.1, -0.05) is 30.7 Å². The molecule has 0 bridgehead atoms. The van der Waals surface area contributed by atoms with E-state index in [1.807, 2.05) is 13.8 Å². The summed E-state index contributed by atoms with van der Waals surface area (Å²) in [4.78, 5) is 0. The van der Waals surface area contributed by atoms with Crippen LogP contribution in [0.4, 0.5) is 4.39 Å². The van der Waals surface area contributed by atoms with Crippen molar-refractivity contribution in [3.05, 3.63) is 40.9 Å². The van der Waals surface area contributed by atoms with E-state index in [1.54, 1.807) is 18.3 Å². The fraction of sp³-hybridized carbons (Fsp3) is 0.333. The number of hydrogen-bond acceptors (Lipinski definition) is 3. The lowest BCUT2D eigenvalue weighted by Gasteiger charge is -2.11. The molecule has 0 radical (unpaired) electrons. The van der Waals surface area contributed by atoms with E-state index in [9.17, 15) is 4.39 Å². The van der Waals surface area contributed by atoms with Gasteiger partial charge in [0, 0.05) is 5.02 Å². The van der Waals surface area contributed by atoms with Gasteiger partial charge in [-0.3, -0.25) is 0 Å². The van der Waals surface area contributed by atoms with E-state index in [2.05, 4.69) is 10.3 Å². The zero-order valence-electron chi connectivity index (χ0n) is 10.1. The normalized spacial score (nSPS) is 13.0. The van der Waals surface area contributed by atoms with E-state index >= 15 is 0 Å². The van der Waals surface area contributed by atoms with E-state index in [4.69, 9.17) is 17.3 Å². The number of nitrogens with two attached hydrogens (primary N) is 1. The van der Waals surface area contributed by atoms with E-state index < -0.39 is 5.82 Å². The molecule has 1 aromatic carbocycles. The molecule has 18 heavy (non-hydrogen) atoms. The Hall–Kier alpha value is -1.46. The smallest absolute Gasteiger partial charge is 0.150 e. The van der Waals surface area contributed by atoms with Crippen LogP contribution in [0.15, 0.2) is 24.4 Å². The molecular formula is C12H14ClFN4. The fourth-order valence-electron chi connectivity index (χ4n) is 1.56. The Morgan fingerprint density at radius 3 is 2.72 bits per heavy atom. The van der Waals surface area contributed by atoms with Crippen LogP contribution in [0, 0.1) is 11.7 Å². The second-order valence-corrected chi connectivity index (χ2v) is 4.89. The minimum atomic E-state index is -0.447. The van der Waals surface area contributed by atoms with Gasteiger partial charge >= 0.3 is 0 Å². The molecule has 0 saturated carbocycles. The number of aromatic nitrogens is 3. The Balaban J connectivity index is 2.35. The molecule has 0 spiro atoms. The maximum atomic E-state index is 13.7. The van der Waals surface area contributed by atoms with Crippen molar-refractivity contribution < 1.29 is 4.39 Å². The largest absolute Gasteiger partial charge is 0.322 e. The summed E-state index contributed by atoms with van der Waals surface area (Å²) in [6.07, 6.45) is 1.64. The third-order valence-electron chi connectivity index (χ3n) is 2.73. The number of benzene rings is 1. The Bertz CT molecular complexity index is 553. The van der Waals surface area contributed by atoms with Crippen LogP contribution in [-0.2, 0) is 0 Å². The second kappa shape index (κ2) is 5.04. The van der Waals surface area contributed by atoms with Crippen molar-refractivity contribution in [2.45, 2.75) is 19.9 Å². The predicted octanol–water partition coefficient (Wildman–Crippen LogP) is 2.72. The summed E-state index contributed by atoms with van der Waals surface area (Å²) in [5.41, 5.74) is 6.90. The minimum absolute atomic E-state index is 0.214. The van der Waals surface area contributed by atoms with Crippen LogP contribution < -0.4 is 5.73 Å². The molecule has 2 N–H and O–H groups in total. The fourth-order valence-corrected chi connectivity index (χ4v) is 1.71. The summed E-state index contributed by atoms with van der Waals surface area (Å²) in [7, 11) is 0. The number of rotatable bonds is 3. The van der Waals surface area contributed by atoms with Crippen molar-refractivity contribution in [3.63, 3.8) is 0 Å². The van der Waals surface area contributed by atoms with Crippen molar-refractivity contribution in [2.24, 2.45) is 11.7 Å².